The van der Waals surface area contributed by atoms with Crippen LogP contribution in [-0.2, 0) is 11.3 Å². The number of hydrogen-bond donors (Lipinski definition) is 1. The Hall–Kier alpha value is -3.29. The molecule has 0 radical (unpaired) electrons. The molecule has 1 amide bonds. The van der Waals surface area contributed by atoms with Gasteiger partial charge in [0.05, 0.1) is 29.1 Å². The molecule has 8 heteroatoms. The Kier molecular flexibility index (Phi) is 5.48. The van der Waals surface area contributed by atoms with Gasteiger partial charge in [0.15, 0.2) is 5.65 Å². The Balaban J connectivity index is 1.79. The lowest BCUT2D eigenvalue weighted by atomic mass is 10.1. The summed E-state index contributed by atoms with van der Waals surface area (Å²) in [6.07, 6.45) is 1.51. The fraction of sp³-hybridized carbons (Fsp3) is 0.136. The van der Waals surface area contributed by atoms with E-state index in [1.807, 2.05) is 0 Å². The van der Waals surface area contributed by atoms with E-state index in [-0.39, 0.29) is 18.3 Å². The van der Waals surface area contributed by atoms with Crippen LogP contribution < -0.4 is 5.32 Å². The van der Waals surface area contributed by atoms with Gasteiger partial charge in [-0.05, 0) is 42.8 Å². The first kappa shape index (κ1) is 20.0. The van der Waals surface area contributed by atoms with Crippen molar-refractivity contribution in [3.8, 4) is 11.1 Å². The minimum atomic E-state index is -0.326. The van der Waals surface area contributed by atoms with Gasteiger partial charge in [0.25, 0.3) is 5.91 Å². The first-order valence-electron chi connectivity index (χ1n) is 9.17. The number of nitrogens with one attached hydrogen (secondary N) is 1. The van der Waals surface area contributed by atoms with Gasteiger partial charge in [-0.2, -0.15) is 5.10 Å². The van der Waals surface area contributed by atoms with Crippen molar-refractivity contribution in [3.63, 3.8) is 0 Å². The molecule has 2 heterocycles. The zero-order valence-electron chi connectivity index (χ0n) is 16.3. The Labute approximate surface area is 177 Å². The molecule has 2 aromatic heterocycles. The highest BCUT2D eigenvalue weighted by Crippen LogP contribution is 2.29. The third-order valence-electron chi connectivity index (χ3n) is 4.70. The highest BCUT2D eigenvalue weighted by molar-refractivity contribution is 6.31. The number of ether oxygens (including phenoxy) is 1. The molecule has 0 bridgehead atoms. The molecule has 2 aromatic carbocycles. The number of halogens is 2. The maximum absolute atomic E-state index is 13.4. The van der Waals surface area contributed by atoms with Crippen molar-refractivity contribution in [2.45, 2.75) is 13.5 Å². The predicted octanol–water partition coefficient (Wildman–Crippen LogP) is 4.90. The highest BCUT2D eigenvalue weighted by Gasteiger charge is 2.20. The van der Waals surface area contributed by atoms with E-state index in [4.69, 9.17) is 16.3 Å². The molecular weight excluding hydrogens is 407 g/mol. The highest BCUT2D eigenvalue weighted by atomic mass is 35.5. The van der Waals surface area contributed by atoms with E-state index in [1.54, 1.807) is 54.9 Å². The number of carbonyl (C=O) groups is 1. The van der Waals surface area contributed by atoms with Gasteiger partial charge in [0.2, 0.25) is 0 Å². The second-order valence-electron chi connectivity index (χ2n) is 6.72. The Bertz CT molecular complexity index is 1240. The normalized spacial score (nSPS) is 11.1. The predicted molar refractivity (Wildman–Crippen MR) is 113 cm³/mol. The molecule has 0 aliphatic carbocycles. The zero-order valence-corrected chi connectivity index (χ0v) is 17.1. The number of anilines is 1. The number of amides is 1. The van der Waals surface area contributed by atoms with Crippen LogP contribution in [0, 0.1) is 12.7 Å². The zero-order chi connectivity index (χ0) is 21.3. The maximum atomic E-state index is 13.4. The molecule has 4 rings (SSSR count). The standard InChI is InChI=1S/C22H18ClFN4O2/c1-13-18(22(29)26-17-5-3-4-15(23)10-17)11-25-21-20(14-6-8-16(24)9-7-14)19(12-30-2)27-28(13)21/h3-11H,12H2,1-2H3,(H,26,29). The van der Waals surface area contributed by atoms with Crippen molar-refractivity contribution in [3.05, 3.63) is 82.5 Å². The molecule has 30 heavy (non-hydrogen) atoms. The summed E-state index contributed by atoms with van der Waals surface area (Å²) in [4.78, 5) is 17.3. The quantitative estimate of drug-likeness (QED) is 0.495. The van der Waals surface area contributed by atoms with Crippen LogP contribution >= 0.6 is 11.6 Å². The van der Waals surface area contributed by atoms with Crippen molar-refractivity contribution < 1.29 is 13.9 Å². The van der Waals surface area contributed by atoms with Crippen molar-refractivity contribution in [2.75, 3.05) is 12.4 Å². The minimum Gasteiger partial charge on any atom is -0.378 e. The van der Waals surface area contributed by atoms with Gasteiger partial charge in [0.1, 0.15) is 5.82 Å². The van der Waals surface area contributed by atoms with Crippen LogP contribution in [0.3, 0.4) is 0 Å². The SMILES string of the molecule is COCc1nn2c(C)c(C(=O)Nc3cccc(Cl)c3)cnc2c1-c1ccc(F)cc1. The lowest BCUT2D eigenvalue weighted by Crippen LogP contribution is -2.16. The molecule has 0 saturated carbocycles. The average molecular weight is 425 g/mol. The molecule has 0 aliphatic heterocycles. The average Bonchev–Trinajstić information content (AvgIpc) is 3.08. The van der Waals surface area contributed by atoms with Crippen molar-refractivity contribution in [2.24, 2.45) is 0 Å². The molecule has 0 fully saturated rings. The first-order chi connectivity index (χ1) is 14.5. The lowest BCUT2D eigenvalue weighted by molar-refractivity contribution is 0.102. The number of aromatic nitrogens is 3. The summed E-state index contributed by atoms with van der Waals surface area (Å²) < 4.78 is 20.3. The molecule has 0 aliphatic rings. The smallest absolute Gasteiger partial charge is 0.259 e. The number of carbonyl (C=O) groups excluding carboxylic acids is 1. The van der Waals surface area contributed by atoms with Gasteiger partial charge in [0, 0.05) is 24.0 Å². The van der Waals surface area contributed by atoms with Crippen molar-refractivity contribution in [1.82, 2.24) is 14.6 Å². The first-order valence-corrected chi connectivity index (χ1v) is 9.54. The monoisotopic (exact) mass is 424 g/mol. The lowest BCUT2D eigenvalue weighted by Gasteiger charge is -2.09. The van der Waals surface area contributed by atoms with Gasteiger partial charge in [-0.25, -0.2) is 13.9 Å². The number of nitrogens with zero attached hydrogens (tertiary/aromatic N) is 3. The Morgan fingerprint density at radius 2 is 2.00 bits per heavy atom. The summed E-state index contributed by atoms with van der Waals surface area (Å²) in [5, 5.41) is 7.94. The van der Waals surface area contributed by atoms with E-state index in [1.165, 1.54) is 18.3 Å². The van der Waals surface area contributed by atoms with E-state index >= 15 is 0 Å². The third-order valence-corrected chi connectivity index (χ3v) is 4.93. The Morgan fingerprint density at radius 1 is 1.23 bits per heavy atom. The number of methoxy groups -OCH3 is 1. The van der Waals surface area contributed by atoms with E-state index in [9.17, 15) is 9.18 Å². The second kappa shape index (κ2) is 8.22. The van der Waals surface area contributed by atoms with E-state index < -0.39 is 0 Å². The molecule has 0 saturated heterocycles. The minimum absolute atomic E-state index is 0.250. The summed E-state index contributed by atoms with van der Waals surface area (Å²) in [7, 11) is 1.57. The van der Waals surface area contributed by atoms with E-state index in [2.05, 4.69) is 15.4 Å². The molecule has 152 valence electrons. The summed E-state index contributed by atoms with van der Waals surface area (Å²) in [5.74, 6) is -0.649. The van der Waals surface area contributed by atoms with Crippen LogP contribution in [-0.4, -0.2) is 27.6 Å². The van der Waals surface area contributed by atoms with E-state index in [0.717, 1.165) is 11.1 Å². The van der Waals surface area contributed by atoms with Crippen LogP contribution in [0.15, 0.2) is 54.7 Å². The number of fused-ring (bicyclic) bond motifs is 1. The maximum Gasteiger partial charge on any atom is 0.259 e. The van der Waals surface area contributed by atoms with E-state index in [0.29, 0.717) is 33.3 Å². The summed E-state index contributed by atoms with van der Waals surface area (Å²) in [6, 6.07) is 13.0. The largest absolute Gasteiger partial charge is 0.378 e. The fourth-order valence-corrected chi connectivity index (χ4v) is 3.47. The van der Waals surface area contributed by atoms with Crippen LogP contribution in [0.5, 0.6) is 0 Å². The van der Waals surface area contributed by atoms with Gasteiger partial charge < -0.3 is 10.1 Å². The second-order valence-corrected chi connectivity index (χ2v) is 7.16. The third kappa shape index (κ3) is 3.77. The molecule has 0 atom stereocenters. The topological polar surface area (TPSA) is 68.5 Å². The number of hydrogen-bond acceptors (Lipinski definition) is 4. The number of rotatable bonds is 5. The van der Waals surface area contributed by atoms with Gasteiger partial charge in [-0.1, -0.05) is 29.8 Å². The summed E-state index contributed by atoms with van der Waals surface area (Å²) >= 11 is 5.99. The fourth-order valence-electron chi connectivity index (χ4n) is 3.28. The van der Waals surface area contributed by atoms with Gasteiger partial charge >= 0.3 is 0 Å². The summed E-state index contributed by atoms with van der Waals surface area (Å²) in [6.45, 7) is 2.04. The molecule has 4 aromatic rings. The molecule has 6 nitrogen and oxygen atoms in total. The van der Waals surface area contributed by atoms with Crippen LogP contribution in [0.2, 0.25) is 5.02 Å². The summed E-state index contributed by atoms with van der Waals surface area (Å²) in [5.41, 5.74) is 4.28. The van der Waals surface area contributed by atoms with Crippen molar-refractivity contribution >= 4 is 28.8 Å². The van der Waals surface area contributed by atoms with Crippen LogP contribution in [0.25, 0.3) is 16.8 Å². The number of benzene rings is 2. The molecule has 0 spiro atoms. The number of aryl methyl sites for hydroxylation is 1. The molecule has 0 unspecified atom stereocenters. The molecule has 1 N–H and O–H groups in total. The molecular formula is C22H18ClFN4O2. The van der Waals surface area contributed by atoms with Gasteiger partial charge in [-0.15, -0.1) is 0 Å². The Morgan fingerprint density at radius 3 is 2.70 bits per heavy atom. The van der Waals surface area contributed by atoms with Crippen LogP contribution in [0.4, 0.5) is 10.1 Å². The van der Waals surface area contributed by atoms with Gasteiger partial charge in [-0.3, -0.25) is 4.79 Å². The van der Waals surface area contributed by atoms with Crippen molar-refractivity contribution in [1.29, 1.82) is 0 Å². The van der Waals surface area contributed by atoms with Crippen LogP contribution in [0.1, 0.15) is 21.7 Å².